The Balaban J connectivity index is 1.70. The van der Waals surface area contributed by atoms with Crippen LogP contribution in [0.2, 0.25) is 0 Å². The molecule has 2 amide bonds. The number of thioether (sulfide) groups is 1. The van der Waals surface area contributed by atoms with Gasteiger partial charge in [-0.05, 0) is 24.5 Å². The maximum atomic E-state index is 12.0. The van der Waals surface area contributed by atoms with Crippen molar-refractivity contribution in [1.82, 2.24) is 4.90 Å². The highest BCUT2D eigenvalue weighted by Crippen LogP contribution is 2.37. The van der Waals surface area contributed by atoms with E-state index in [1.165, 1.54) is 15.4 Å². The highest BCUT2D eigenvalue weighted by atomic mass is 32.2. The summed E-state index contributed by atoms with van der Waals surface area (Å²) < 4.78 is 0. The van der Waals surface area contributed by atoms with Crippen LogP contribution in [0.5, 0.6) is 0 Å². The topological polar surface area (TPSA) is 63.4 Å². The Kier molecular flexibility index (Phi) is 3.33. The molecule has 0 bridgehead atoms. The molecule has 3 rings (SSSR count). The number of fused-ring (bicyclic) bond motifs is 1. The normalized spacial score (nSPS) is 26.7. The molecule has 0 spiro atoms. The second-order valence-corrected chi connectivity index (χ2v) is 6.38. The van der Waals surface area contributed by atoms with Crippen molar-refractivity contribution in [3.8, 4) is 0 Å². The van der Waals surface area contributed by atoms with E-state index < -0.39 is 6.04 Å². The maximum Gasteiger partial charge on any atom is 0.246 e. The first kappa shape index (κ1) is 12.7. The Labute approximate surface area is 116 Å². The fourth-order valence-corrected chi connectivity index (χ4v) is 3.92. The van der Waals surface area contributed by atoms with Crippen LogP contribution in [0.1, 0.15) is 18.4 Å². The number of piperidine rings is 1. The molecular formula is C14H16N2O2S. The summed E-state index contributed by atoms with van der Waals surface area (Å²) in [6.45, 7) is 0.477. The number of likely N-dealkylation sites (tertiary alicyclic amines) is 1. The van der Waals surface area contributed by atoms with Gasteiger partial charge in [-0.25, -0.2) is 0 Å². The first-order valence-corrected chi connectivity index (χ1v) is 7.37. The summed E-state index contributed by atoms with van der Waals surface area (Å²) in [5.74, 6) is -0.295. The number of hydrogen-bond acceptors (Lipinski definition) is 4. The number of imide groups is 1. The van der Waals surface area contributed by atoms with Gasteiger partial charge in [0, 0.05) is 23.1 Å². The molecule has 0 radical (unpaired) electrons. The van der Waals surface area contributed by atoms with Gasteiger partial charge in [0.15, 0.2) is 0 Å². The van der Waals surface area contributed by atoms with Crippen molar-refractivity contribution in [2.45, 2.75) is 35.4 Å². The fraction of sp³-hybridized carbons (Fsp3) is 0.429. The molecule has 5 heteroatoms. The molecule has 1 aromatic carbocycles. The van der Waals surface area contributed by atoms with Crippen molar-refractivity contribution in [3.05, 3.63) is 29.8 Å². The Morgan fingerprint density at radius 3 is 2.89 bits per heavy atom. The molecule has 2 unspecified atom stereocenters. The monoisotopic (exact) mass is 276 g/mol. The lowest BCUT2D eigenvalue weighted by atomic mass is 10.0. The van der Waals surface area contributed by atoms with E-state index in [2.05, 4.69) is 12.1 Å². The highest BCUT2D eigenvalue weighted by Gasteiger charge is 2.35. The van der Waals surface area contributed by atoms with E-state index in [1.54, 1.807) is 11.8 Å². The average molecular weight is 276 g/mol. The number of amides is 2. The lowest BCUT2D eigenvalue weighted by molar-refractivity contribution is -0.149. The van der Waals surface area contributed by atoms with Gasteiger partial charge in [0.2, 0.25) is 11.8 Å². The Bertz CT molecular complexity index is 507. The molecule has 2 aliphatic rings. The molecule has 1 fully saturated rings. The van der Waals surface area contributed by atoms with Gasteiger partial charge in [-0.15, -0.1) is 11.8 Å². The summed E-state index contributed by atoms with van der Waals surface area (Å²) in [4.78, 5) is 26.4. The SMILES string of the molecule is NC1CCC(=O)N(CC2Cc3ccccc3S2)C1=O. The lowest BCUT2D eigenvalue weighted by Gasteiger charge is -2.30. The number of hydrogen-bond donors (Lipinski definition) is 1. The van der Waals surface area contributed by atoms with Crippen LogP contribution in [0.4, 0.5) is 0 Å². The van der Waals surface area contributed by atoms with Crippen LogP contribution in [-0.4, -0.2) is 34.6 Å². The Morgan fingerprint density at radius 1 is 1.32 bits per heavy atom. The molecule has 1 saturated heterocycles. The van der Waals surface area contributed by atoms with Crippen LogP contribution in [-0.2, 0) is 16.0 Å². The molecule has 2 aliphatic heterocycles. The molecule has 19 heavy (non-hydrogen) atoms. The van der Waals surface area contributed by atoms with Crippen molar-refractivity contribution in [2.75, 3.05) is 6.54 Å². The van der Waals surface area contributed by atoms with Crippen molar-refractivity contribution < 1.29 is 9.59 Å². The number of nitrogens with two attached hydrogens (primary N) is 1. The first-order valence-electron chi connectivity index (χ1n) is 6.49. The van der Waals surface area contributed by atoms with Crippen LogP contribution in [0.3, 0.4) is 0 Å². The third-order valence-electron chi connectivity index (χ3n) is 3.65. The summed E-state index contributed by atoms with van der Waals surface area (Å²) in [6.07, 6.45) is 1.77. The first-order chi connectivity index (χ1) is 9.15. The quantitative estimate of drug-likeness (QED) is 0.824. The Morgan fingerprint density at radius 2 is 2.11 bits per heavy atom. The van der Waals surface area contributed by atoms with E-state index in [0.29, 0.717) is 19.4 Å². The zero-order chi connectivity index (χ0) is 13.4. The molecule has 2 heterocycles. The molecule has 0 aromatic heterocycles. The van der Waals surface area contributed by atoms with Gasteiger partial charge in [0.1, 0.15) is 0 Å². The number of nitrogens with zero attached hydrogens (tertiary/aromatic N) is 1. The zero-order valence-electron chi connectivity index (χ0n) is 10.5. The summed E-state index contributed by atoms with van der Waals surface area (Å²) in [6, 6.07) is 7.72. The van der Waals surface area contributed by atoms with Gasteiger partial charge in [-0.1, -0.05) is 18.2 Å². The van der Waals surface area contributed by atoms with Gasteiger partial charge in [0.05, 0.1) is 6.04 Å². The standard InChI is InChI=1S/C14H16N2O2S/c15-11-5-6-13(17)16(14(11)18)8-10-7-9-3-1-2-4-12(9)19-10/h1-4,10-11H,5-8,15H2. The minimum atomic E-state index is -0.508. The minimum absolute atomic E-state index is 0.0803. The second kappa shape index (κ2) is 4.98. The van der Waals surface area contributed by atoms with E-state index in [1.807, 2.05) is 12.1 Å². The largest absolute Gasteiger partial charge is 0.320 e. The van der Waals surface area contributed by atoms with Crippen LogP contribution < -0.4 is 5.73 Å². The second-order valence-electron chi connectivity index (χ2n) is 5.04. The van der Waals surface area contributed by atoms with E-state index in [4.69, 9.17) is 5.73 Å². The number of rotatable bonds is 2. The summed E-state index contributed by atoms with van der Waals surface area (Å²) in [7, 11) is 0. The lowest BCUT2D eigenvalue weighted by Crippen LogP contribution is -2.53. The third-order valence-corrected chi connectivity index (χ3v) is 4.95. The summed E-state index contributed by atoms with van der Waals surface area (Å²) in [5, 5.41) is 0.260. The van der Waals surface area contributed by atoms with Crippen molar-refractivity contribution in [2.24, 2.45) is 5.73 Å². The summed E-state index contributed by atoms with van der Waals surface area (Å²) >= 11 is 1.75. The van der Waals surface area contributed by atoms with Gasteiger partial charge in [0.25, 0.3) is 0 Å². The van der Waals surface area contributed by atoms with Crippen LogP contribution in [0.15, 0.2) is 29.2 Å². The number of carbonyl (C=O) groups is 2. The van der Waals surface area contributed by atoms with Gasteiger partial charge in [-0.3, -0.25) is 14.5 Å². The van der Waals surface area contributed by atoms with Crippen molar-refractivity contribution >= 4 is 23.6 Å². The fourth-order valence-electron chi connectivity index (χ4n) is 2.61. The smallest absolute Gasteiger partial charge is 0.246 e. The minimum Gasteiger partial charge on any atom is -0.320 e. The number of benzene rings is 1. The molecule has 4 nitrogen and oxygen atoms in total. The molecule has 2 N–H and O–H groups in total. The number of carbonyl (C=O) groups excluding carboxylic acids is 2. The maximum absolute atomic E-state index is 12.0. The molecule has 2 atom stereocenters. The Hall–Kier alpha value is -1.33. The van der Waals surface area contributed by atoms with Gasteiger partial charge in [-0.2, -0.15) is 0 Å². The predicted molar refractivity (Wildman–Crippen MR) is 73.7 cm³/mol. The van der Waals surface area contributed by atoms with Crippen molar-refractivity contribution in [1.29, 1.82) is 0 Å². The summed E-state index contributed by atoms with van der Waals surface area (Å²) in [5.41, 5.74) is 7.04. The third kappa shape index (κ3) is 2.40. The van der Waals surface area contributed by atoms with Crippen molar-refractivity contribution in [3.63, 3.8) is 0 Å². The van der Waals surface area contributed by atoms with Gasteiger partial charge < -0.3 is 5.73 Å². The molecule has 0 saturated carbocycles. The highest BCUT2D eigenvalue weighted by molar-refractivity contribution is 8.00. The van der Waals surface area contributed by atoms with Crippen LogP contribution in [0.25, 0.3) is 0 Å². The molecule has 0 aliphatic carbocycles. The average Bonchev–Trinajstić information content (AvgIpc) is 2.81. The van der Waals surface area contributed by atoms with E-state index in [0.717, 1.165) is 6.42 Å². The molecule has 100 valence electrons. The molecule has 1 aromatic rings. The predicted octanol–water partition coefficient (Wildman–Crippen LogP) is 1.18. The van der Waals surface area contributed by atoms with Gasteiger partial charge >= 0.3 is 0 Å². The van der Waals surface area contributed by atoms with E-state index in [-0.39, 0.29) is 17.1 Å². The van der Waals surface area contributed by atoms with E-state index in [9.17, 15) is 9.59 Å². The zero-order valence-corrected chi connectivity index (χ0v) is 11.4. The van der Waals surface area contributed by atoms with E-state index >= 15 is 0 Å². The van der Waals surface area contributed by atoms with Crippen LogP contribution in [0, 0.1) is 0 Å². The molecular weight excluding hydrogens is 260 g/mol. The van der Waals surface area contributed by atoms with Crippen LogP contribution >= 0.6 is 11.8 Å².